The van der Waals surface area contributed by atoms with Gasteiger partial charge in [-0.25, -0.2) is 0 Å². The molecule has 2 aromatic rings. The van der Waals surface area contributed by atoms with Gasteiger partial charge in [0.1, 0.15) is 18.4 Å². The van der Waals surface area contributed by atoms with E-state index in [1.807, 2.05) is 49.4 Å². The lowest BCUT2D eigenvalue weighted by Gasteiger charge is -2.20. The van der Waals surface area contributed by atoms with E-state index in [2.05, 4.69) is 61.1 Å². The fourth-order valence-corrected chi connectivity index (χ4v) is 5.65. The van der Waals surface area contributed by atoms with Crippen LogP contribution in [0.5, 0.6) is 5.75 Å². The molecule has 0 saturated heterocycles. The minimum absolute atomic E-state index is 0.108. The van der Waals surface area contributed by atoms with Crippen LogP contribution >= 0.6 is 45.2 Å². The molecule has 2 amide bonds. The molecule has 2 rings (SSSR count). The monoisotopic (exact) mass is 706 g/mol. The molecular weight excluding hydrogens is 670 g/mol. The summed E-state index contributed by atoms with van der Waals surface area (Å²) in [6.45, 7) is 5.35. The summed E-state index contributed by atoms with van der Waals surface area (Å²) in [5.41, 5.74) is 7.58. The van der Waals surface area contributed by atoms with Gasteiger partial charge in [-0.1, -0.05) is 37.3 Å². The van der Waals surface area contributed by atoms with Gasteiger partial charge in [-0.2, -0.15) is 0 Å². The van der Waals surface area contributed by atoms with Crippen LogP contribution in [-0.2, 0) is 22.6 Å². The lowest BCUT2D eigenvalue weighted by molar-refractivity contribution is -0.129. The third-order valence-electron chi connectivity index (χ3n) is 5.24. The van der Waals surface area contributed by atoms with Gasteiger partial charge in [0.15, 0.2) is 0 Å². The second-order valence-corrected chi connectivity index (χ2v) is 10.6. The van der Waals surface area contributed by atoms with Gasteiger partial charge in [0.2, 0.25) is 11.8 Å². The molecular formula is C26H36I2N4O3. The SMILES string of the molecule is CCCC(=O)NC(Cc1cc(I)c(OCc2ccccc2)c(I)c1)C(=O)NCCCNCCCN. The summed E-state index contributed by atoms with van der Waals surface area (Å²) in [7, 11) is 0. The normalized spacial score (nSPS) is 11.7. The van der Waals surface area contributed by atoms with Crippen LogP contribution in [0, 0.1) is 7.14 Å². The van der Waals surface area contributed by atoms with E-state index in [1.165, 1.54) is 0 Å². The maximum absolute atomic E-state index is 12.9. The quantitative estimate of drug-likeness (QED) is 0.157. The lowest BCUT2D eigenvalue weighted by Crippen LogP contribution is -2.48. The average molecular weight is 706 g/mol. The predicted molar refractivity (Wildman–Crippen MR) is 157 cm³/mol. The van der Waals surface area contributed by atoms with Gasteiger partial charge in [-0.3, -0.25) is 9.59 Å². The van der Waals surface area contributed by atoms with Crippen molar-refractivity contribution in [3.63, 3.8) is 0 Å². The van der Waals surface area contributed by atoms with E-state index in [0.717, 1.165) is 56.4 Å². The molecule has 0 aliphatic rings. The summed E-state index contributed by atoms with van der Waals surface area (Å²) < 4.78 is 8.03. The number of rotatable bonds is 16. The first-order valence-corrected chi connectivity index (χ1v) is 14.2. The van der Waals surface area contributed by atoms with E-state index in [-0.39, 0.29) is 11.8 Å². The molecule has 0 fully saturated rings. The zero-order valence-corrected chi connectivity index (χ0v) is 24.6. The van der Waals surface area contributed by atoms with Crippen molar-refractivity contribution in [2.75, 3.05) is 26.2 Å². The number of hydrogen-bond donors (Lipinski definition) is 4. The Labute approximate surface area is 236 Å². The van der Waals surface area contributed by atoms with Crippen molar-refractivity contribution in [2.24, 2.45) is 5.73 Å². The highest BCUT2D eigenvalue weighted by molar-refractivity contribution is 14.1. The van der Waals surface area contributed by atoms with Crippen LogP contribution in [0.1, 0.15) is 43.7 Å². The van der Waals surface area contributed by atoms with Gasteiger partial charge >= 0.3 is 0 Å². The maximum Gasteiger partial charge on any atom is 0.242 e. The molecule has 0 aliphatic carbocycles. The molecule has 0 radical (unpaired) electrons. The Morgan fingerprint density at radius 3 is 2.34 bits per heavy atom. The molecule has 0 bridgehead atoms. The molecule has 1 unspecified atom stereocenters. The van der Waals surface area contributed by atoms with Crippen molar-refractivity contribution in [2.45, 2.75) is 51.7 Å². The Morgan fingerprint density at radius 2 is 1.69 bits per heavy atom. The van der Waals surface area contributed by atoms with Gasteiger partial charge in [-0.05, 0) is 107 Å². The summed E-state index contributed by atoms with van der Waals surface area (Å²) in [4.78, 5) is 25.2. The summed E-state index contributed by atoms with van der Waals surface area (Å²) in [6, 6.07) is 13.5. The number of halogens is 2. The van der Waals surface area contributed by atoms with Crippen molar-refractivity contribution in [1.29, 1.82) is 0 Å². The van der Waals surface area contributed by atoms with Crippen LogP contribution in [0.2, 0.25) is 0 Å². The highest BCUT2D eigenvalue weighted by atomic mass is 127. The summed E-state index contributed by atoms with van der Waals surface area (Å²) in [5, 5.41) is 9.19. The molecule has 192 valence electrons. The van der Waals surface area contributed by atoms with E-state index < -0.39 is 6.04 Å². The molecule has 0 aliphatic heterocycles. The predicted octanol–water partition coefficient (Wildman–Crippen LogP) is 3.75. The van der Waals surface area contributed by atoms with E-state index in [1.54, 1.807) is 0 Å². The van der Waals surface area contributed by atoms with Crippen molar-refractivity contribution in [3.05, 3.63) is 60.7 Å². The number of benzene rings is 2. The van der Waals surface area contributed by atoms with Crippen LogP contribution < -0.4 is 26.4 Å². The van der Waals surface area contributed by atoms with Crippen molar-refractivity contribution >= 4 is 57.0 Å². The standard InChI is InChI=1S/C26H36I2N4O3/c1-2-8-24(33)32-23(26(34)31-14-7-13-30-12-6-11-29)17-20-15-21(27)25(22(28)16-20)35-18-19-9-4-3-5-10-19/h3-5,9-10,15-16,23,30H,2,6-8,11-14,17-18,29H2,1H3,(H,31,34)(H,32,33). The molecule has 0 heterocycles. The molecule has 0 spiro atoms. The van der Waals surface area contributed by atoms with Crippen LogP contribution in [0.3, 0.4) is 0 Å². The topological polar surface area (TPSA) is 105 Å². The van der Waals surface area contributed by atoms with Crippen LogP contribution in [0.15, 0.2) is 42.5 Å². The highest BCUT2D eigenvalue weighted by Gasteiger charge is 2.22. The van der Waals surface area contributed by atoms with Crippen LogP contribution in [-0.4, -0.2) is 44.0 Å². The molecule has 5 N–H and O–H groups in total. The molecule has 2 aromatic carbocycles. The first kappa shape index (κ1) is 29.8. The molecule has 9 heteroatoms. The number of carbonyl (C=O) groups is 2. The van der Waals surface area contributed by atoms with Crippen LogP contribution in [0.4, 0.5) is 0 Å². The van der Waals surface area contributed by atoms with E-state index in [4.69, 9.17) is 10.5 Å². The number of hydrogen-bond acceptors (Lipinski definition) is 5. The first-order valence-electron chi connectivity index (χ1n) is 12.1. The first-order chi connectivity index (χ1) is 16.9. The van der Waals surface area contributed by atoms with Gasteiger partial charge in [0.25, 0.3) is 0 Å². The summed E-state index contributed by atoms with van der Waals surface area (Å²) in [5.74, 6) is 0.561. The van der Waals surface area contributed by atoms with E-state index in [0.29, 0.717) is 32.5 Å². The molecule has 35 heavy (non-hydrogen) atoms. The van der Waals surface area contributed by atoms with Gasteiger partial charge in [-0.15, -0.1) is 0 Å². The second kappa shape index (κ2) is 17.1. The molecule has 7 nitrogen and oxygen atoms in total. The third-order valence-corrected chi connectivity index (χ3v) is 6.84. The number of nitrogens with two attached hydrogens (primary N) is 1. The molecule has 0 saturated carbocycles. The zero-order chi connectivity index (χ0) is 25.5. The van der Waals surface area contributed by atoms with Crippen molar-refractivity contribution in [3.8, 4) is 5.75 Å². The Hall–Kier alpha value is -1.44. The van der Waals surface area contributed by atoms with Gasteiger partial charge in [0.05, 0.1) is 7.14 Å². The van der Waals surface area contributed by atoms with Crippen molar-refractivity contribution < 1.29 is 14.3 Å². The van der Waals surface area contributed by atoms with Gasteiger partial charge < -0.3 is 26.4 Å². The number of amides is 2. The summed E-state index contributed by atoms with van der Waals surface area (Å²) in [6.07, 6.45) is 3.30. The van der Waals surface area contributed by atoms with Gasteiger partial charge in [0, 0.05) is 19.4 Å². The number of carbonyl (C=O) groups excluding carboxylic acids is 2. The Balaban J connectivity index is 2.00. The minimum Gasteiger partial charge on any atom is -0.487 e. The Bertz CT molecular complexity index is 905. The average Bonchev–Trinajstić information content (AvgIpc) is 2.83. The second-order valence-electron chi connectivity index (χ2n) is 8.27. The zero-order valence-electron chi connectivity index (χ0n) is 20.2. The Kier molecular flexibility index (Phi) is 14.5. The Morgan fingerprint density at radius 1 is 1.00 bits per heavy atom. The molecule has 0 aromatic heterocycles. The lowest BCUT2D eigenvalue weighted by atomic mass is 10.0. The maximum atomic E-state index is 12.9. The number of ether oxygens (including phenoxy) is 1. The fraction of sp³-hybridized carbons (Fsp3) is 0.462. The smallest absolute Gasteiger partial charge is 0.242 e. The largest absolute Gasteiger partial charge is 0.487 e. The number of nitrogens with one attached hydrogen (secondary N) is 3. The highest BCUT2D eigenvalue weighted by Crippen LogP contribution is 2.30. The van der Waals surface area contributed by atoms with Crippen LogP contribution in [0.25, 0.3) is 0 Å². The molecule has 1 atom stereocenters. The van der Waals surface area contributed by atoms with E-state index in [9.17, 15) is 9.59 Å². The third kappa shape index (κ3) is 11.4. The summed E-state index contributed by atoms with van der Waals surface area (Å²) >= 11 is 4.53. The minimum atomic E-state index is -0.623. The van der Waals surface area contributed by atoms with E-state index >= 15 is 0 Å². The van der Waals surface area contributed by atoms with Crippen molar-refractivity contribution in [1.82, 2.24) is 16.0 Å². The fourth-order valence-electron chi connectivity index (χ4n) is 3.44.